The van der Waals surface area contributed by atoms with Gasteiger partial charge < -0.3 is 25.2 Å². The first-order valence-corrected chi connectivity index (χ1v) is 13.3. The smallest absolute Gasteiger partial charge is 0.149 e. The molecule has 2 fully saturated rings. The van der Waals surface area contributed by atoms with Crippen LogP contribution in [-0.2, 0) is 17.6 Å². The number of hydrogen-bond acceptors (Lipinski definition) is 7. The third-order valence-electron chi connectivity index (χ3n) is 7.46. The fraction of sp³-hybridized carbons (Fsp3) is 0.448. The summed E-state index contributed by atoms with van der Waals surface area (Å²) in [5.41, 5.74) is 7.63. The van der Waals surface area contributed by atoms with Crippen LogP contribution < -0.4 is 15.4 Å². The first kappa shape index (κ1) is 27.4. The summed E-state index contributed by atoms with van der Waals surface area (Å²) >= 11 is 0. The molecule has 4 heterocycles. The number of aromatic nitrogens is 2. The van der Waals surface area contributed by atoms with Gasteiger partial charge in [-0.25, -0.2) is 18.2 Å². The molecule has 0 spiro atoms. The highest BCUT2D eigenvalue weighted by molar-refractivity contribution is 5.63. The summed E-state index contributed by atoms with van der Waals surface area (Å²) < 4.78 is 55.9. The van der Waals surface area contributed by atoms with Gasteiger partial charge in [-0.2, -0.15) is 0 Å². The highest BCUT2D eigenvalue weighted by Crippen LogP contribution is 2.32. The van der Waals surface area contributed by atoms with Gasteiger partial charge in [0.15, 0.2) is 0 Å². The molecule has 3 aromatic rings. The lowest BCUT2D eigenvalue weighted by Gasteiger charge is -2.40. The Balaban J connectivity index is 1.34. The minimum Gasteiger partial charge on any atom is -0.490 e. The van der Waals surface area contributed by atoms with Crippen LogP contribution in [0.5, 0.6) is 5.75 Å². The number of hydrogen-bond donors (Lipinski definition) is 2. The lowest BCUT2D eigenvalue weighted by Crippen LogP contribution is -2.55. The average molecular weight is 543 g/mol. The molecule has 3 atom stereocenters. The van der Waals surface area contributed by atoms with Crippen molar-refractivity contribution in [3.05, 3.63) is 71.4 Å². The molecule has 0 radical (unpaired) electrons. The van der Waals surface area contributed by atoms with Crippen LogP contribution in [0.2, 0.25) is 0 Å². The van der Waals surface area contributed by atoms with Crippen LogP contribution >= 0.6 is 0 Å². The maximum Gasteiger partial charge on any atom is 0.149 e. The van der Waals surface area contributed by atoms with Crippen LogP contribution in [0.15, 0.2) is 42.7 Å². The first-order chi connectivity index (χ1) is 18.8. The molecule has 2 aliphatic heterocycles. The van der Waals surface area contributed by atoms with Gasteiger partial charge in [0.2, 0.25) is 0 Å². The number of ether oxygens (including phenoxy) is 2. The fourth-order valence-electron chi connectivity index (χ4n) is 5.32. The number of rotatable bonds is 7. The highest BCUT2D eigenvalue weighted by Gasteiger charge is 2.31. The monoisotopic (exact) mass is 542 g/mol. The number of nitrogens with zero attached hydrogens (tertiary/aromatic N) is 3. The molecule has 0 unspecified atom stereocenters. The lowest BCUT2D eigenvalue weighted by molar-refractivity contribution is 0.0253. The average Bonchev–Trinajstić information content (AvgIpc) is 2.92. The molecule has 10 heteroatoms. The van der Waals surface area contributed by atoms with Crippen molar-refractivity contribution < 1.29 is 27.8 Å². The second-order valence-electron chi connectivity index (χ2n) is 10.4. The van der Waals surface area contributed by atoms with Gasteiger partial charge in [0.1, 0.15) is 35.0 Å². The Morgan fingerprint density at radius 2 is 1.79 bits per heavy atom. The van der Waals surface area contributed by atoms with Gasteiger partial charge in [-0.15, -0.1) is 0 Å². The predicted molar refractivity (Wildman–Crippen MR) is 141 cm³/mol. The van der Waals surface area contributed by atoms with Gasteiger partial charge in [0.05, 0.1) is 24.9 Å². The number of anilines is 1. The minimum atomic E-state index is -0.937. The summed E-state index contributed by atoms with van der Waals surface area (Å²) in [6.45, 7) is 4.18. The topological polar surface area (TPSA) is 93.7 Å². The highest BCUT2D eigenvalue weighted by atomic mass is 19.1. The van der Waals surface area contributed by atoms with E-state index in [0.29, 0.717) is 57.7 Å². The molecule has 2 saturated heterocycles. The zero-order chi connectivity index (χ0) is 27.5. The largest absolute Gasteiger partial charge is 0.490 e. The Bertz CT molecular complexity index is 1270. The number of aryl methyl sites for hydroxylation is 2. The van der Waals surface area contributed by atoms with Gasteiger partial charge in [-0.3, -0.25) is 4.98 Å². The van der Waals surface area contributed by atoms with E-state index in [1.54, 1.807) is 12.4 Å². The molecule has 0 aliphatic carbocycles. The summed E-state index contributed by atoms with van der Waals surface area (Å²) in [7, 11) is 0. The molecule has 208 valence electrons. The molecule has 39 heavy (non-hydrogen) atoms. The van der Waals surface area contributed by atoms with Gasteiger partial charge in [0, 0.05) is 73.8 Å². The zero-order valence-electron chi connectivity index (χ0n) is 21.8. The molecule has 2 aliphatic rings. The summed E-state index contributed by atoms with van der Waals surface area (Å²) in [5.74, 6) is -2.62. The zero-order valence-corrected chi connectivity index (χ0v) is 21.8. The Morgan fingerprint density at radius 1 is 1.05 bits per heavy atom. The third-order valence-corrected chi connectivity index (χ3v) is 7.46. The number of halogens is 3. The van der Waals surface area contributed by atoms with Crippen LogP contribution in [0.25, 0.3) is 11.3 Å². The Hall–Kier alpha value is -3.21. The summed E-state index contributed by atoms with van der Waals surface area (Å²) in [4.78, 5) is 10.7. The van der Waals surface area contributed by atoms with Crippen LogP contribution in [0.4, 0.5) is 18.9 Å². The van der Waals surface area contributed by atoms with Crippen molar-refractivity contribution in [1.29, 1.82) is 0 Å². The molecule has 0 saturated carbocycles. The summed E-state index contributed by atoms with van der Waals surface area (Å²) in [5, 5.41) is 10.2. The fourth-order valence-corrected chi connectivity index (χ4v) is 5.32. The molecule has 0 bridgehead atoms. The van der Waals surface area contributed by atoms with E-state index in [1.165, 1.54) is 12.1 Å². The molecular formula is C29H33F3N4O3. The quantitative estimate of drug-likeness (QED) is 0.465. The van der Waals surface area contributed by atoms with Crippen LogP contribution in [-0.4, -0.2) is 59.6 Å². The van der Waals surface area contributed by atoms with Gasteiger partial charge in [-0.05, 0) is 36.6 Å². The lowest BCUT2D eigenvalue weighted by atomic mass is 9.92. The van der Waals surface area contributed by atoms with E-state index in [4.69, 9.17) is 15.2 Å². The van der Waals surface area contributed by atoms with E-state index < -0.39 is 29.1 Å². The second-order valence-corrected chi connectivity index (χ2v) is 10.4. The Morgan fingerprint density at radius 3 is 2.51 bits per heavy atom. The standard InChI is InChI=1S/C29H33F3N4O3/c1-17-15-36(16-25(33)29(17)37)26-6-9-34-14-18(26)2-3-19-4-5-22(30)28(35-19)27-23(31)12-21(13-24(27)32)39-20-7-10-38-11-8-20/h4-6,9,12-14,17,20,25,29,37H,2-3,7-8,10-11,15-16,33H2,1H3/t17-,25+,29+/m0/s1. The third kappa shape index (κ3) is 6.18. The van der Waals surface area contributed by atoms with E-state index in [0.717, 1.165) is 23.4 Å². The molecule has 0 amide bonds. The predicted octanol–water partition coefficient (Wildman–Crippen LogP) is 4.05. The SMILES string of the molecule is C[C@H]1CN(c2ccncc2CCc2ccc(F)c(-c3c(F)cc(OC4CCOCC4)cc3F)n2)C[C@@H](N)[C@@H]1O. The number of benzene rings is 1. The van der Waals surface area contributed by atoms with Crippen LogP contribution in [0.3, 0.4) is 0 Å². The van der Waals surface area contributed by atoms with Crippen molar-refractivity contribution in [1.82, 2.24) is 9.97 Å². The van der Waals surface area contributed by atoms with Gasteiger partial charge in [0.25, 0.3) is 0 Å². The van der Waals surface area contributed by atoms with Crippen LogP contribution in [0, 0.1) is 23.4 Å². The molecular weight excluding hydrogens is 509 g/mol. The van der Waals surface area contributed by atoms with Crippen molar-refractivity contribution in [2.75, 3.05) is 31.2 Å². The van der Waals surface area contributed by atoms with Crippen molar-refractivity contribution >= 4 is 5.69 Å². The number of piperidine rings is 1. The summed E-state index contributed by atoms with van der Waals surface area (Å²) in [6.07, 6.45) is 4.91. The summed E-state index contributed by atoms with van der Waals surface area (Å²) in [6, 6.07) is 6.39. The number of aliphatic hydroxyl groups excluding tert-OH is 1. The normalized spacial score (nSPS) is 22.2. The Labute approximate surface area is 225 Å². The number of pyridine rings is 2. The van der Waals surface area contributed by atoms with E-state index >= 15 is 8.78 Å². The maximum atomic E-state index is 15.1. The number of aliphatic hydroxyl groups is 1. The number of nitrogens with two attached hydrogens (primary N) is 1. The maximum absolute atomic E-state index is 15.1. The molecule has 3 N–H and O–H groups in total. The minimum absolute atomic E-state index is 0.00866. The van der Waals surface area contributed by atoms with E-state index in [2.05, 4.69) is 14.9 Å². The van der Waals surface area contributed by atoms with E-state index in [1.807, 2.05) is 13.0 Å². The van der Waals surface area contributed by atoms with Crippen molar-refractivity contribution in [2.45, 2.75) is 50.9 Å². The molecule has 2 aromatic heterocycles. The molecule has 1 aromatic carbocycles. The molecule has 7 nitrogen and oxygen atoms in total. The van der Waals surface area contributed by atoms with E-state index in [9.17, 15) is 9.50 Å². The van der Waals surface area contributed by atoms with Crippen LogP contribution in [0.1, 0.15) is 31.0 Å². The van der Waals surface area contributed by atoms with Gasteiger partial charge in [-0.1, -0.05) is 6.92 Å². The second kappa shape index (κ2) is 11.9. The van der Waals surface area contributed by atoms with Crippen molar-refractivity contribution in [3.63, 3.8) is 0 Å². The van der Waals surface area contributed by atoms with Crippen molar-refractivity contribution in [3.8, 4) is 17.0 Å². The Kier molecular flexibility index (Phi) is 8.34. The molecule has 5 rings (SSSR count). The first-order valence-electron chi connectivity index (χ1n) is 13.3. The van der Waals surface area contributed by atoms with E-state index in [-0.39, 0.29) is 29.5 Å². The van der Waals surface area contributed by atoms with Crippen molar-refractivity contribution in [2.24, 2.45) is 11.7 Å². The van der Waals surface area contributed by atoms with Gasteiger partial charge >= 0.3 is 0 Å².